The zero-order valence-electron chi connectivity index (χ0n) is 18.1. The van der Waals surface area contributed by atoms with E-state index in [9.17, 15) is 18.0 Å². The Morgan fingerprint density at radius 2 is 1.52 bits per heavy atom. The van der Waals surface area contributed by atoms with Crippen molar-refractivity contribution in [1.29, 1.82) is 0 Å². The number of urea groups is 1. The number of carbonyl (C=O) groups is 1. The fraction of sp³-hybridized carbons (Fsp3) is 0.217. The Hall–Kier alpha value is -3.95. The van der Waals surface area contributed by atoms with Crippen LogP contribution in [0.3, 0.4) is 0 Å². The lowest BCUT2D eigenvalue weighted by Crippen LogP contribution is -2.23. The third-order valence-electron chi connectivity index (χ3n) is 3.84. The number of carbonyl (C=O) groups excluding carboxylic acids is 1. The Bertz CT molecular complexity index is 1100. The third kappa shape index (κ3) is 7.60. The highest BCUT2D eigenvalue weighted by Gasteiger charge is 2.32. The van der Waals surface area contributed by atoms with Crippen LogP contribution in [-0.4, -0.2) is 23.0 Å². The van der Waals surface area contributed by atoms with Gasteiger partial charge in [0, 0.05) is 11.9 Å². The van der Waals surface area contributed by atoms with Crippen LogP contribution in [0, 0.1) is 0 Å². The molecule has 0 aliphatic carbocycles. The van der Waals surface area contributed by atoms with E-state index in [0.717, 1.165) is 6.07 Å². The number of pyridine rings is 1. The molecule has 0 unspecified atom stereocenters. The summed E-state index contributed by atoms with van der Waals surface area (Å²) in [5.74, 6) is -0.217. The summed E-state index contributed by atoms with van der Waals surface area (Å²) in [7, 11) is 0. The molecule has 0 bridgehead atoms. The van der Waals surface area contributed by atoms with E-state index in [1.807, 2.05) is 20.8 Å². The van der Waals surface area contributed by atoms with Crippen molar-refractivity contribution in [3.05, 3.63) is 66.9 Å². The van der Waals surface area contributed by atoms with Crippen molar-refractivity contribution in [2.45, 2.75) is 32.7 Å². The van der Waals surface area contributed by atoms with Crippen LogP contribution < -0.4 is 24.8 Å². The first-order valence-electron chi connectivity index (χ1n) is 9.83. The van der Waals surface area contributed by atoms with Crippen molar-refractivity contribution in [1.82, 2.24) is 4.98 Å². The Morgan fingerprint density at radius 1 is 0.848 bits per heavy atom. The van der Waals surface area contributed by atoms with E-state index in [1.54, 1.807) is 30.3 Å². The number of amides is 2. The molecule has 33 heavy (non-hydrogen) atoms. The maximum absolute atomic E-state index is 12.7. The highest BCUT2D eigenvalue weighted by molar-refractivity contribution is 6.00. The first-order valence-corrected chi connectivity index (χ1v) is 9.83. The van der Waals surface area contributed by atoms with Gasteiger partial charge in [-0.15, -0.1) is 13.2 Å². The molecular formula is C23H22F3N3O4. The first kappa shape index (κ1) is 23.7. The number of nitrogens with one attached hydrogen (secondary N) is 2. The summed E-state index contributed by atoms with van der Waals surface area (Å²) in [5.41, 5.74) is 0.292. The number of hydrogen-bond donors (Lipinski definition) is 2. The van der Waals surface area contributed by atoms with E-state index in [0.29, 0.717) is 11.4 Å². The molecule has 2 amide bonds. The van der Waals surface area contributed by atoms with Crippen LogP contribution in [0.25, 0.3) is 0 Å². The molecule has 0 atom stereocenters. The van der Waals surface area contributed by atoms with Crippen molar-refractivity contribution in [2.24, 2.45) is 0 Å². The standard InChI is InChI=1S/C23H22F3N3O4/c1-22(2,3)32-16-12-10-15(11-13-16)28-21(30)29-17-7-6-14-27-20(17)31-18-8-4-5-9-19(18)33-23(24,25)26/h4-14H,1-3H3,(H2,28,29,30). The molecule has 0 saturated heterocycles. The summed E-state index contributed by atoms with van der Waals surface area (Å²) in [4.78, 5) is 16.4. The minimum atomic E-state index is -4.89. The predicted octanol–water partition coefficient (Wildman–Crippen LogP) is 6.59. The van der Waals surface area contributed by atoms with Gasteiger partial charge in [-0.25, -0.2) is 9.78 Å². The Balaban J connectivity index is 1.70. The highest BCUT2D eigenvalue weighted by Crippen LogP contribution is 2.36. The number of anilines is 2. The maximum Gasteiger partial charge on any atom is 0.573 e. The quantitative estimate of drug-likeness (QED) is 0.433. The van der Waals surface area contributed by atoms with Gasteiger partial charge in [0.05, 0.1) is 0 Å². The Labute approximate surface area is 188 Å². The second-order valence-electron chi connectivity index (χ2n) is 7.77. The van der Waals surface area contributed by atoms with Crippen LogP contribution in [0.1, 0.15) is 20.8 Å². The number of alkyl halides is 3. The molecule has 0 saturated carbocycles. The molecule has 0 radical (unpaired) electrons. The lowest BCUT2D eigenvalue weighted by Gasteiger charge is -2.21. The zero-order valence-corrected chi connectivity index (χ0v) is 18.1. The Kier molecular flexibility index (Phi) is 6.95. The predicted molar refractivity (Wildman–Crippen MR) is 117 cm³/mol. The summed E-state index contributed by atoms with van der Waals surface area (Å²) < 4.78 is 53.2. The monoisotopic (exact) mass is 461 g/mol. The van der Waals surface area contributed by atoms with Gasteiger partial charge in [0.1, 0.15) is 17.0 Å². The van der Waals surface area contributed by atoms with Crippen LogP contribution in [0.4, 0.5) is 29.3 Å². The van der Waals surface area contributed by atoms with Gasteiger partial charge >= 0.3 is 12.4 Å². The summed E-state index contributed by atoms with van der Waals surface area (Å²) in [5, 5.41) is 5.22. The van der Waals surface area contributed by atoms with Crippen LogP contribution >= 0.6 is 0 Å². The lowest BCUT2D eigenvalue weighted by atomic mass is 10.2. The number of para-hydroxylation sites is 2. The largest absolute Gasteiger partial charge is 0.573 e. The van der Waals surface area contributed by atoms with Crippen molar-refractivity contribution in [3.8, 4) is 23.1 Å². The maximum atomic E-state index is 12.7. The number of hydrogen-bond acceptors (Lipinski definition) is 5. The first-order chi connectivity index (χ1) is 15.5. The highest BCUT2D eigenvalue weighted by atomic mass is 19.4. The lowest BCUT2D eigenvalue weighted by molar-refractivity contribution is -0.275. The summed E-state index contributed by atoms with van der Waals surface area (Å²) in [6, 6.07) is 14.5. The molecular weight excluding hydrogens is 439 g/mol. The third-order valence-corrected chi connectivity index (χ3v) is 3.84. The van der Waals surface area contributed by atoms with Crippen LogP contribution in [0.15, 0.2) is 66.9 Å². The number of ether oxygens (including phenoxy) is 3. The van der Waals surface area contributed by atoms with Gasteiger partial charge in [0.2, 0.25) is 5.88 Å². The molecule has 0 fully saturated rings. The molecule has 10 heteroatoms. The second kappa shape index (κ2) is 9.68. The van der Waals surface area contributed by atoms with Crippen LogP contribution in [0.2, 0.25) is 0 Å². The van der Waals surface area contributed by atoms with Crippen molar-refractivity contribution >= 4 is 17.4 Å². The van der Waals surface area contributed by atoms with Gasteiger partial charge in [0.15, 0.2) is 11.5 Å². The summed E-state index contributed by atoms with van der Waals surface area (Å²) in [6.45, 7) is 5.77. The number of benzene rings is 2. The minimum Gasteiger partial charge on any atom is -0.488 e. The molecule has 1 aromatic heterocycles. The topological polar surface area (TPSA) is 81.7 Å². The molecule has 7 nitrogen and oxygen atoms in total. The van der Waals surface area contributed by atoms with Crippen LogP contribution in [0.5, 0.6) is 23.1 Å². The van der Waals surface area contributed by atoms with Gasteiger partial charge in [-0.2, -0.15) is 0 Å². The molecule has 0 aliphatic heterocycles. The molecule has 3 aromatic rings. The summed E-state index contributed by atoms with van der Waals surface area (Å²) >= 11 is 0. The van der Waals surface area contributed by atoms with E-state index < -0.39 is 18.1 Å². The molecule has 2 N–H and O–H groups in total. The molecule has 0 spiro atoms. The SMILES string of the molecule is CC(C)(C)Oc1ccc(NC(=O)Nc2cccnc2Oc2ccccc2OC(F)(F)F)cc1. The molecule has 1 heterocycles. The molecule has 0 aliphatic rings. The van der Waals surface area contributed by atoms with Crippen LogP contribution in [-0.2, 0) is 0 Å². The molecule has 174 valence electrons. The molecule has 3 rings (SSSR count). The van der Waals surface area contributed by atoms with E-state index in [4.69, 9.17) is 9.47 Å². The normalized spacial score (nSPS) is 11.5. The van der Waals surface area contributed by atoms with Gasteiger partial charge in [0.25, 0.3) is 0 Å². The van der Waals surface area contributed by atoms with Gasteiger partial charge in [-0.1, -0.05) is 12.1 Å². The number of nitrogens with zero attached hydrogens (tertiary/aromatic N) is 1. The molecule has 2 aromatic carbocycles. The second-order valence-corrected chi connectivity index (χ2v) is 7.77. The fourth-order valence-corrected chi connectivity index (χ4v) is 2.66. The van der Waals surface area contributed by atoms with E-state index >= 15 is 0 Å². The average Bonchev–Trinajstić information content (AvgIpc) is 2.70. The number of rotatable bonds is 6. The van der Waals surface area contributed by atoms with Gasteiger partial charge in [-0.3, -0.25) is 0 Å². The van der Waals surface area contributed by atoms with Crippen molar-refractivity contribution in [2.75, 3.05) is 10.6 Å². The van der Waals surface area contributed by atoms with E-state index in [-0.39, 0.29) is 22.9 Å². The van der Waals surface area contributed by atoms with E-state index in [1.165, 1.54) is 30.5 Å². The van der Waals surface area contributed by atoms with Gasteiger partial charge in [-0.05, 0) is 69.3 Å². The van der Waals surface area contributed by atoms with E-state index in [2.05, 4.69) is 20.4 Å². The smallest absolute Gasteiger partial charge is 0.488 e. The average molecular weight is 461 g/mol. The number of aromatic nitrogens is 1. The van der Waals surface area contributed by atoms with Crippen molar-refractivity contribution < 1.29 is 32.2 Å². The summed E-state index contributed by atoms with van der Waals surface area (Å²) in [6.07, 6.45) is -3.52. The zero-order chi connectivity index (χ0) is 24.1. The van der Waals surface area contributed by atoms with Gasteiger partial charge < -0.3 is 24.8 Å². The number of halogens is 3. The Morgan fingerprint density at radius 3 is 2.15 bits per heavy atom. The van der Waals surface area contributed by atoms with Crippen molar-refractivity contribution in [3.63, 3.8) is 0 Å². The fourth-order valence-electron chi connectivity index (χ4n) is 2.66. The minimum absolute atomic E-state index is 0.111.